The maximum Gasteiger partial charge on any atom is 0.490 e. The van der Waals surface area contributed by atoms with Crippen LogP contribution in [0.3, 0.4) is 0 Å². The first-order valence-electron chi connectivity index (χ1n) is 9.34. The van der Waals surface area contributed by atoms with E-state index in [1.165, 1.54) is 0 Å². The Labute approximate surface area is 175 Å². The molecule has 4 heterocycles. The summed E-state index contributed by atoms with van der Waals surface area (Å²) in [7, 11) is 0. The number of thiazole rings is 1. The molecule has 2 aliphatic heterocycles. The van der Waals surface area contributed by atoms with Gasteiger partial charge in [-0.25, -0.2) is 14.8 Å². The number of carbonyl (C=O) groups is 1. The van der Waals surface area contributed by atoms with Crippen LogP contribution in [0, 0.1) is 5.92 Å². The number of halogens is 3. The fourth-order valence-corrected chi connectivity index (χ4v) is 4.26. The predicted octanol–water partition coefficient (Wildman–Crippen LogP) is 2.28. The van der Waals surface area contributed by atoms with Gasteiger partial charge in [0.25, 0.3) is 0 Å². The average Bonchev–Trinajstić information content (AvgIpc) is 3.40. The van der Waals surface area contributed by atoms with Gasteiger partial charge in [0.2, 0.25) is 0 Å². The molecule has 0 amide bonds. The number of aliphatic carboxylic acids is 1. The molecule has 0 aliphatic carbocycles. The Morgan fingerprint density at radius 2 is 2.20 bits per heavy atom. The SMILES string of the molecule is O=C(O)C(F)(F)F.c1cn(CC2COC3(COCCN(Cc4nccs4)C3)C2)cn1. The van der Waals surface area contributed by atoms with Gasteiger partial charge in [-0.2, -0.15) is 13.2 Å². The van der Waals surface area contributed by atoms with Crippen molar-refractivity contribution in [2.45, 2.75) is 31.3 Å². The predicted molar refractivity (Wildman–Crippen MR) is 101 cm³/mol. The van der Waals surface area contributed by atoms with Gasteiger partial charge in [-0.15, -0.1) is 11.3 Å². The van der Waals surface area contributed by atoms with Crippen molar-refractivity contribution in [1.29, 1.82) is 0 Å². The van der Waals surface area contributed by atoms with Crippen LogP contribution in [0.25, 0.3) is 0 Å². The first-order chi connectivity index (χ1) is 14.3. The lowest BCUT2D eigenvalue weighted by Gasteiger charge is -2.30. The van der Waals surface area contributed by atoms with Crippen LogP contribution in [-0.2, 0) is 27.4 Å². The largest absolute Gasteiger partial charge is 0.490 e. The lowest BCUT2D eigenvalue weighted by atomic mass is 9.94. The van der Waals surface area contributed by atoms with Crippen LogP contribution < -0.4 is 0 Å². The summed E-state index contributed by atoms with van der Waals surface area (Å²) in [6.07, 6.45) is 3.56. The van der Waals surface area contributed by atoms with Crippen LogP contribution in [0.1, 0.15) is 11.4 Å². The summed E-state index contributed by atoms with van der Waals surface area (Å²) in [5.74, 6) is -2.24. The monoisotopic (exact) mass is 448 g/mol. The number of hydrogen-bond donors (Lipinski definition) is 1. The molecule has 2 saturated heterocycles. The molecule has 0 saturated carbocycles. The minimum absolute atomic E-state index is 0.168. The van der Waals surface area contributed by atoms with E-state index in [1.807, 2.05) is 30.3 Å². The van der Waals surface area contributed by atoms with Gasteiger partial charge in [-0.3, -0.25) is 4.90 Å². The van der Waals surface area contributed by atoms with Crippen LogP contribution in [0.4, 0.5) is 13.2 Å². The summed E-state index contributed by atoms with van der Waals surface area (Å²) >= 11 is 1.71. The second-order valence-corrected chi connectivity index (χ2v) is 8.29. The molecule has 0 aromatic carbocycles. The number of carboxylic acid groups (broad SMARTS) is 1. The number of ether oxygens (including phenoxy) is 2. The van der Waals surface area contributed by atoms with E-state index < -0.39 is 12.1 Å². The Morgan fingerprint density at radius 1 is 1.40 bits per heavy atom. The summed E-state index contributed by atoms with van der Waals surface area (Å²) < 4.78 is 46.0. The van der Waals surface area contributed by atoms with Crippen molar-refractivity contribution in [2.24, 2.45) is 5.92 Å². The average molecular weight is 448 g/mol. The fourth-order valence-electron chi connectivity index (χ4n) is 3.60. The molecule has 2 aromatic heterocycles. The van der Waals surface area contributed by atoms with Gasteiger partial charge in [-0.05, 0) is 6.42 Å². The van der Waals surface area contributed by atoms with Crippen molar-refractivity contribution >= 4 is 17.3 Å². The van der Waals surface area contributed by atoms with E-state index in [4.69, 9.17) is 19.4 Å². The summed E-state index contributed by atoms with van der Waals surface area (Å²) in [5, 5.41) is 10.3. The summed E-state index contributed by atoms with van der Waals surface area (Å²) in [4.78, 5) is 19.8. The van der Waals surface area contributed by atoms with Crippen LogP contribution in [0.15, 0.2) is 30.3 Å². The second kappa shape index (κ2) is 9.86. The summed E-state index contributed by atoms with van der Waals surface area (Å²) in [5.41, 5.74) is -0.168. The van der Waals surface area contributed by atoms with Gasteiger partial charge in [0.05, 0.1) is 32.7 Å². The Bertz CT molecular complexity index is 788. The number of hydrogen-bond acceptors (Lipinski definition) is 7. The Morgan fingerprint density at radius 3 is 2.83 bits per heavy atom. The van der Waals surface area contributed by atoms with E-state index in [1.54, 1.807) is 11.3 Å². The van der Waals surface area contributed by atoms with Gasteiger partial charge in [0.15, 0.2) is 0 Å². The standard InChI is InChI=1S/C16H22N4O2S.C2HF3O2/c1-3-20(13-17-1)8-14-7-16(22-10-14)11-19(4-5-21-12-16)9-15-18-2-6-23-15;3-2(4,5)1(6)7/h1-3,6,13-14H,4-5,7-12H2;(H,6,7). The van der Waals surface area contributed by atoms with Crippen molar-refractivity contribution < 1.29 is 32.5 Å². The smallest absolute Gasteiger partial charge is 0.475 e. The molecule has 2 atom stereocenters. The normalized spacial score (nSPS) is 25.0. The van der Waals surface area contributed by atoms with E-state index >= 15 is 0 Å². The first-order valence-corrected chi connectivity index (χ1v) is 10.2. The topological polar surface area (TPSA) is 89.7 Å². The molecular weight excluding hydrogens is 425 g/mol. The molecular formula is C18H23F3N4O4S. The highest BCUT2D eigenvalue weighted by molar-refractivity contribution is 7.09. The van der Waals surface area contributed by atoms with Crippen molar-refractivity contribution in [3.8, 4) is 0 Å². The third kappa shape index (κ3) is 6.49. The van der Waals surface area contributed by atoms with Crippen molar-refractivity contribution in [3.63, 3.8) is 0 Å². The second-order valence-electron chi connectivity index (χ2n) is 7.32. The van der Waals surface area contributed by atoms with Crippen LogP contribution in [0.5, 0.6) is 0 Å². The molecule has 1 spiro atoms. The minimum Gasteiger partial charge on any atom is -0.475 e. The molecule has 0 bridgehead atoms. The number of alkyl halides is 3. The number of carboxylic acids is 1. The van der Waals surface area contributed by atoms with E-state index in [9.17, 15) is 13.2 Å². The molecule has 166 valence electrons. The molecule has 0 radical (unpaired) electrons. The first kappa shape index (κ1) is 22.7. The van der Waals surface area contributed by atoms with Crippen LogP contribution in [-0.4, -0.2) is 75.2 Å². The maximum atomic E-state index is 10.6. The van der Waals surface area contributed by atoms with Crippen molar-refractivity contribution in [1.82, 2.24) is 19.4 Å². The molecule has 8 nitrogen and oxygen atoms in total. The molecule has 4 rings (SSSR count). The highest BCUT2D eigenvalue weighted by atomic mass is 32.1. The summed E-state index contributed by atoms with van der Waals surface area (Å²) in [6.45, 7) is 5.98. The fraction of sp³-hybridized carbons (Fsp3) is 0.611. The van der Waals surface area contributed by atoms with Gasteiger partial charge < -0.3 is 19.1 Å². The highest BCUT2D eigenvalue weighted by Gasteiger charge is 2.43. The van der Waals surface area contributed by atoms with Crippen molar-refractivity contribution in [2.75, 3.05) is 32.9 Å². The van der Waals surface area contributed by atoms with Gasteiger partial charge >= 0.3 is 12.1 Å². The number of imidazole rings is 1. The van der Waals surface area contributed by atoms with E-state index in [0.29, 0.717) is 12.5 Å². The zero-order valence-electron chi connectivity index (χ0n) is 16.1. The summed E-state index contributed by atoms with van der Waals surface area (Å²) in [6, 6.07) is 0. The van der Waals surface area contributed by atoms with E-state index in [2.05, 4.69) is 19.4 Å². The Kier molecular flexibility index (Phi) is 7.45. The zero-order valence-corrected chi connectivity index (χ0v) is 16.9. The highest BCUT2D eigenvalue weighted by Crippen LogP contribution is 2.34. The minimum atomic E-state index is -5.08. The Hall–Kier alpha value is -2.02. The molecule has 30 heavy (non-hydrogen) atoms. The van der Waals surface area contributed by atoms with Gasteiger partial charge in [0.1, 0.15) is 10.6 Å². The lowest BCUT2D eigenvalue weighted by molar-refractivity contribution is -0.192. The molecule has 2 aliphatic rings. The van der Waals surface area contributed by atoms with Crippen molar-refractivity contribution in [3.05, 3.63) is 35.3 Å². The zero-order chi connectivity index (χ0) is 21.6. The number of aromatic nitrogens is 3. The molecule has 2 aromatic rings. The molecule has 1 N–H and O–H groups in total. The van der Waals surface area contributed by atoms with E-state index in [-0.39, 0.29) is 5.60 Å². The number of rotatable bonds is 4. The van der Waals surface area contributed by atoms with Gasteiger partial charge in [-0.1, -0.05) is 0 Å². The molecule has 2 unspecified atom stereocenters. The third-order valence-corrected chi connectivity index (χ3v) is 5.59. The Balaban J connectivity index is 0.000000318. The van der Waals surface area contributed by atoms with E-state index in [0.717, 1.165) is 50.8 Å². The van der Waals surface area contributed by atoms with Gasteiger partial charge in [0, 0.05) is 49.5 Å². The maximum absolute atomic E-state index is 10.6. The van der Waals surface area contributed by atoms with Crippen LogP contribution >= 0.6 is 11.3 Å². The van der Waals surface area contributed by atoms with Crippen LogP contribution in [0.2, 0.25) is 0 Å². The molecule has 2 fully saturated rings. The molecule has 12 heteroatoms. The third-order valence-electron chi connectivity index (χ3n) is 4.83. The lowest BCUT2D eigenvalue weighted by Crippen LogP contribution is -2.43. The quantitative estimate of drug-likeness (QED) is 0.768. The number of nitrogens with zero attached hydrogens (tertiary/aromatic N) is 4.